The first kappa shape index (κ1) is 17.5. The Balaban J connectivity index is 1.81. The minimum absolute atomic E-state index is 0.0859. The Morgan fingerprint density at radius 1 is 0.962 bits per heavy atom. The molecule has 2 nitrogen and oxygen atoms in total. The molecule has 2 aliphatic rings. The van der Waals surface area contributed by atoms with Crippen LogP contribution in [0.4, 0.5) is 0 Å². The fourth-order valence-electron chi connectivity index (χ4n) is 4.78. The molecule has 2 bridgehead atoms. The molecule has 2 aromatic rings. The normalized spacial score (nSPS) is 25.0. The van der Waals surface area contributed by atoms with E-state index >= 15 is 0 Å². The van der Waals surface area contributed by atoms with E-state index in [4.69, 9.17) is 11.6 Å². The molecule has 0 amide bonds. The zero-order chi connectivity index (χ0) is 18.4. The molecule has 0 N–H and O–H groups in total. The summed E-state index contributed by atoms with van der Waals surface area (Å²) >= 11 is 6.01. The van der Waals surface area contributed by atoms with Gasteiger partial charge in [-0.05, 0) is 72.6 Å². The molecule has 2 saturated carbocycles. The van der Waals surface area contributed by atoms with Crippen molar-refractivity contribution in [2.75, 3.05) is 0 Å². The van der Waals surface area contributed by atoms with E-state index < -0.39 is 5.92 Å². The number of halogens is 1. The summed E-state index contributed by atoms with van der Waals surface area (Å²) in [6.45, 7) is 4.13. The number of Topliss-reactive ketones (excluding diaryl/α,β-unsaturated/α-hetero) is 2. The van der Waals surface area contributed by atoms with Crippen LogP contribution < -0.4 is 0 Å². The summed E-state index contributed by atoms with van der Waals surface area (Å²) in [7, 11) is 0. The van der Waals surface area contributed by atoms with Gasteiger partial charge in [-0.2, -0.15) is 0 Å². The predicted octanol–water partition coefficient (Wildman–Crippen LogP) is 5.53. The maximum atomic E-state index is 13.0. The molecule has 0 radical (unpaired) electrons. The second-order valence-electron chi connectivity index (χ2n) is 7.67. The molecule has 2 fully saturated rings. The van der Waals surface area contributed by atoms with Crippen molar-refractivity contribution in [1.29, 1.82) is 0 Å². The lowest BCUT2D eigenvalue weighted by Gasteiger charge is -2.28. The molecule has 2 aromatic carbocycles. The van der Waals surface area contributed by atoms with E-state index in [0.717, 1.165) is 53.5 Å². The SMILES string of the molecule is CCc1cc(-c2ccc(Cl)cc2)cc(C)c1C1C(=O)[C@@H]2CC[C@@H](C2)C1=O. The van der Waals surface area contributed by atoms with Crippen LogP contribution in [0.15, 0.2) is 36.4 Å². The second-order valence-corrected chi connectivity index (χ2v) is 8.11. The third kappa shape index (κ3) is 2.81. The quantitative estimate of drug-likeness (QED) is 0.669. The Kier molecular flexibility index (Phi) is 4.48. The maximum Gasteiger partial charge on any atom is 0.150 e. The average molecular weight is 367 g/mol. The van der Waals surface area contributed by atoms with Gasteiger partial charge in [0, 0.05) is 16.9 Å². The lowest BCUT2D eigenvalue weighted by atomic mass is 9.72. The van der Waals surface area contributed by atoms with Crippen molar-refractivity contribution in [3.8, 4) is 11.1 Å². The lowest BCUT2D eigenvalue weighted by Crippen LogP contribution is -2.35. The largest absolute Gasteiger partial charge is 0.298 e. The molecule has 2 aliphatic carbocycles. The molecule has 0 saturated heterocycles. The van der Waals surface area contributed by atoms with Crippen molar-refractivity contribution < 1.29 is 9.59 Å². The number of benzene rings is 2. The van der Waals surface area contributed by atoms with Gasteiger partial charge in [0.15, 0.2) is 11.6 Å². The third-order valence-corrected chi connectivity index (χ3v) is 6.38. The van der Waals surface area contributed by atoms with Gasteiger partial charge in [0.2, 0.25) is 0 Å². The topological polar surface area (TPSA) is 34.1 Å². The zero-order valence-electron chi connectivity index (χ0n) is 15.2. The molecule has 3 heteroatoms. The van der Waals surface area contributed by atoms with Crippen molar-refractivity contribution in [1.82, 2.24) is 0 Å². The van der Waals surface area contributed by atoms with E-state index in [1.165, 1.54) is 0 Å². The Hall–Kier alpha value is -1.93. The van der Waals surface area contributed by atoms with Gasteiger partial charge in [-0.15, -0.1) is 0 Å². The fraction of sp³-hybridized carbons (Fsp3) is 0.391. The molecule has 3 atom stereocenters. The highest BCUT2D eigenvalue weighted by Gasteiger charge is 2.48. The number of rotatable bonds is 3. The second kappa shape index (κ2) is 6.66. The van der Waals surface area contributed by atoms with Gasteiger partial charge in [-0.1, -0.05) is 42.8 Å². The van der Waals surface area contributed by atoms with Gasteiger partial charge in [0.1, 0.15) is 5.92 Å². The minimum Gasteiger partial charge on any atom is -0.298 e. The molecule has 26 heavy (non-hydrogen) atoms. The number of fused-ring (bicyclic) bond motifs is 2. The predicted molar refractivity (Wildman–Crippen MR) is 105 cm³/mol. The van der Waals surface area contributed by atoms with Crippen molar-refractivity contribution >= 4 is 23.2 Å². The van der Waals surface area contributed by atoms with E-state index in [1.54, 1.807) is 0 Å². The first-order chi connectivity index (χ1) is 12.5. The molecule has 4 rings (SSSR count). The summed E-state index contributed by atoms with van der Waals surface area (Å²) in [6.07, 6.45) is 3.35. The fourth-order valence-corrected chi connectivity index (χ4v) is 4.91. The highest BCUT2D eigenvalue weighted by Crippen LogP contribution is 2.45. The van der Waals surface area contributed by atoms with Crippen LogP contribution in [0.3, 0.4) is 0 Å². The lowest BCUT2D eigenvalue weighted by molar-refractivity contribution is -0.135. The van der Waals surface area contributed by atoms with Crippen molar-refractivity contribution in [2.24, 2.45) is 11.8 Å². The zero-order valence-corrected chi connectivity index (χ0v) is 16.0. The van der Waals surface area contributed by atoms with Crippen LogP contribution in [0, 0.1) is 18.8 Å². The highest BCUT2D eigenvalue weighted by atomic mass is 35.5. The number of carbonyl (C=O) groups excluding carboxylic acids is 2. The van der Waals surface area contributed by atoms with Crippen LogP contribution in [0.25, 0.3) is 11.1 Å². The van der Waals surface area contributed by atoms with E-state index in [-0.39, 0.29) is 23.4 Å². The Morgan fingerprint density at radius 2 is 1.58 bits per heavy atom. The average Bonchev–Trinajstić information content (AvgIpc) is 3.09. The highest BCUT2D eigenvalue weighted by molar-refractivity contribution is 6.30. The smallest absolute Gasteiger partial charge is 0.150 e. The first-order valence-corrected chi connectivity index (χ1v) is 9.84. The van der Waals surface area contributed by atoms with Crippen LogP contribution in [-0.2, 0) is 16.0 Å². The molecule has 0 aliphatic heterocycles. The van der Waals surface area contributed by atoms with Crippen LogP contribution in [0.5, 0.6) is 0 Å². The number of ketones is 2. The molecular weight excluding hydrogens is 344 g/mol. The maximum absolute atomic E-state index is 13.0. The standard InChI is InChI=1S/C23H23ClO2/c1-3-14-11-18(15-6-8-19(24)9-7-15)10-13(2)20(14)21-22(25)16-4-5-17(12-16)23(21)26/h6-11,16-17,21H,3-5,12H2,1-2H3/t16-,17+,21?. The minimum atomic E-state index is -0.546. The van der Waals surface area contributed by atoms with Gasteiger partial charge in [0.25, 0.3) is 0 Å². The molecular formula is C23H23ClO2. The van der Waals surface area contributed by atoms with E-state index in [9.17, 15) is 9.59 Å². The van der Waals surface area contributed by atoms with Gasteiger partial charge < -0.3 is 0 Å². The number of carbonyl (C=O) groups is 2. The van der Waals surface area contributed by atoms with Crippen molar-refractivity contribution in [3.05, 3.63) is 58.1 Å². The van der Waals surface area contributed by atoms with Crippen LogP contribution in [-0.4, -0.2) is 11.6 Å². The van der Waals surface area contributed by atoms with Gasteiger partial charge >= 0.3 is 0 Å². The van der Waals surface area contributed by atoms with Gasteiger partial charge in [-0.3, -0.25) is 9.59 Å². The summed E-state index contributed by atoms with van der Waals surface area (Å²) in [4.78, 5) is 25.9. The van der Waals surface area contributed by atoms with Crippen LogP contribution in [0.1, 0.15) is 48.8 Å². The van der Waals surface area contributed by atoms with Gasteiger partial charge in [-0.25, -0.2) is 0 Å². The number of aryl methyl sites for hydroxylation is 2. The molecule has 0 heterocycles. The summed E-state index contributed by atoms with van der Waals surface area (Å²) in [6, 6.07) is 12.0. The van der Waals surface area contributed by atoms with Gasteiger partial charge in [0.05, 0.1) is 0 Å². The monoisotopic (exact) mass is 366 g/mol. The number of hydrogen-bond donors (Lipinski definition) is 0. The summed E-state index contributed by atoms with van der Waals surface area (Å²) in [5.74, 6) is -0.0671. The summed E-state index contributed by atoms with van der Waals surface area (Å²) < 4.78 is 0. The summed E-state index contributed by atoms with van der Waals surface area (Å²) in [5, 5.41) is 0.715. The molecule has 1 unspecified atom stereocenters. The summed E-state index contributed by atoms with van der Waals surface area (Å²) in [5.41, 5.74) is 5.33. The van der Waals surface area contributed by atoms with Crippen LogP contribution in [0.2, 0.25) is 5.02 Å². The molecule has 0 aromatic heterocycles. The van der Waals surface area contributed by atoms with Crippen molar-refractivity contribution in [2.45, 2.75) is 45.4 Å². The number of hydrogen-bond acceptors (Lipinski definition) is 2. The van der Waals surface area contributed by atoms with Crippen LogP contribution >= 0.6 is 11.6 Å². The van der Waals surface area contributed by atoms with E-state index in [1.807, 2.05) is 31.2 Å². The third-order valence-electron chi connectivity index (χ3n) is 6.13. The molecule has 0 spiro atoms. The van der Waals surface area contributed by atoms with E-state index in [2.05, 4.69) is 19.1 Å². The molecule has 134 valence electrons. The van der Waals surface area contributed by atoms with Crippen molar-refractivity contribution in [3.63, 3.8) is 0 Å². The Labute approximate surface area is 159 Å². The first-order valence-electron chi connectivity index (χ1n) is 9.46. The van der Waals surface area contributed by atoms with E-state index in [0.29, 0.717) is 5.02 Å². The Morgan fingerprint density at radius 3 is 2.15 bits per heavy atom. The Bertz CT molecular complexity index is 860.